The first-order chi connectivity index (χ1) is 7.58. The Morgan fingerprint density at radius 2 is 2.31 bits per heavy atom. The van der Waals surface area contributed by atoms with Crippen LogP contribution in [0.2, 0.25) is 0 Å². The lowest BCUT2D eigenvalue weighted by Gasteiger charge is -2.30. The maximum absolute atomic E-state index is 10.7. The Morgan fingerprint density at radius 3 is 2.94 bits per heavy atom. The molecule has 1 aliphatic rings. The first kappa shape index (κ1) is 11.0. The number of fused-ring (bicyclic) bond motifs is 1. The molecule has 0 fully saturated rings. The van der Waals surface area contributed by atoms with Crippen LogP contribution in [-0.4, -0.2) is 38.5 Å². The molecule has 0 atom stereocenters. The van der Waals surface area contributed by atoms with Crippen molar-refractivity contribution in [2.75, 3.05) is 6.54 Å². The molecule has 86 valence electrons. The molecule has 0 spiro atoms. The summed E-state index contributed by atoms with van der Waals surface area (Å²) in [6, 6.07) is 0.493. The summed E-state index contributed by atoms with van der Waals surface area (Å²) in [5.74, 6) is -1.16. The molecular weight excluding hydrogens is 206 g/mol. The van der Waals surface area contributed by atoms with Crippen LogP contribution in [0.5, 0.6) is 0 Å². The zero-order valence-corrected chi connectivity index (χ0v) is 9.47. The van der Waals surface area contributed by atoms with Crippen molar-refractivity contribution in [3.05, 3.63) is 23.3 Å². The smallest absolute Gasteiger partial charge is 0.373 e. The number of hydrogen-bond donors (Lipinski definition) is 1. The number of rotatable bonds is 2. The van der Waals surface area contributed by atoms with Crippen molar-refractivity contribution in [1.82, 2.24) is 14.9 Å². The zero-order valence-electron chi connectivity index (χ0n) is 9.47. The Bertz CT molecular complexity index is 418. The van der Waals surface area contributed by atoms with E-state index in [0.29, 0.717) is 6.04 Å². The molecule has 0 amide bonds. The molecule has 0 saturated carbocycles. The van der Waals surface area contributed by atoms with E-state index in [1.807, 2.05) is 0 Å². The standard InChI is InChI=1S/C11H15N3O2/c1-7(2)14-4-3-9-8(6-14)5-12-10(13-9)11(15)16/h5,7H,3-4,6H2,1-2H3,(H,15,16). The lowest BCUT2D eigenvalue weighted by atomic mass is 10.1. The second-order valence-electron chi connectivity index (χ2n) is 4.28. The van der Waals surface area contributed by atoms with Crippen molar-refractivity contribution in [3.8, 4) is 0 Å². The van der Waals surface area contributed by atoms with Gasteiger partial charge in [0.05, 0.1) is 5.69 Å². The second kappa shape index (κ2) is 4.17. The summed E-state index contributed by atoms with van der Waals surface area (Å²) in [5, 5.41) is 8.79. The van der Waals surface area contributed by atoms with Crippen LogP contribution in [-0.2, 0) is 13.0 Å². The molecule has 16 heavy (non-hydrogen) atoms. The molecular formula is C11H15N3O2. The highest BCUT2D eigenvalue weighted by atomic mass is 16.4. The van der Waals surface area contributed by atoms with Crippen molar-refractivity contribution in [2.45, 2.75) is 32.9 Å². The van der Waals surface area contributed by atoms with Crippen molar-refractivity contribution >= 4 is 5.97 Å². The molecule has 2 heterocycles. The summed E-state index contributed by atoms with van der Waals surface area (Å²) in [7, 11) is 0. The number of carbonyl (C=O) groups is 1. The molecule has 0 saturated heterocycles. The van der Waals surface area contributed by atoms with E-state index in [1.165, 1.54) is 0 Å². The number of aromatic carboxylic acids is 1. The summed E-state index contributed by atoms with van der Waals surface area (Å²) in [6.45, 7) is 6.04. The van der Waals surface area contributed by atoms with E-state index in [4.69, 9.17) is 5.11 Å². The topological polar surface area (TPSA) is 66.3 Å². The SMILES string of the molecule is CC(C)N1CCc2nc(C(=O)O)ncc2C1. The number of carboxylic acids is 1. The molecule has 1 aliphatic heterocycles. The van der Waals surface area contributed by atoms with E-state index in [-0.39, 0.29) is 5.82 Å². The molecule has 1 aromatic rings. The molecule has 1 N–H and O–H groups in total. The van der Waals surface area contributed by atoms with Crippen LogP contribution in [0.4, 0.5) is 0 Å². The van der Waals surface area contributed by atoms with Crippen LogP contribution in [0.25, 0.3) is 0 Å². The number of aromatic nitrogens is 2. The molecule has 5 nitrogen and oxygen atoms in total. The maximum Gasteiger partial charge on any atom is 0.373 e. The van der Waals surface area contributed by atoms with E-state index < -0.39 is 5.97 Å². The zero-order chi connectivity index (χ0) is 11.7. The van der Waals surface area contributed by atoms with Gasteiger partial charge in [0, 0.05) is 37.3 Å². The van der Waals surface area contributed by atoms with Gasteiger partial charge in [-0.25, -0.2) is 14.8 Å². The monoisotopic (exact) mass is 221 g/mol. The minimum atomic E-state index is -1.06. The Hall–Kier alpha value is -1.49. The highest BCUT2D eigenvalue weighted by Gasteiger charge is 2.21. The largest absolute Gasteiger partial charge is 0.475 e. The van der Waals surface area contributed by atoms with Gasteiger partial charge in [0.2, 0.25) is 5.82 Å². The van der Waals surface area contributed by atoms with Crippen molar-refractivity contribution < 1.29 is 9.90 Å². The molecule has 0 aliphatic carbocycles. The summed E-state index contributed by atoms with van der Waals surface area (Å²) in [6.07, 6.45) is 2.44. The number of hydrogen-bond acceptors (Lipinski definition) is 4. The van der Waals surface area contributed by atoms with E-state index in [2.05, 4.69) is 28.7 Å². The Morgan fingerprint density at radius 1 is 1.56 bits per heavy atom. The first-order valence-electron chi connectivity index (χ1n) is 5.40. The quantitative estimate of drug-likeness (QED) is 0.805. The van der Waals surface area contributed by atoms with Crippen molar-refractivity contribution in [2.24, 2.45) is 0 Å². The normalized spacial score (nSPS) is 16.2. The predicted molar refractivity (Wildman–Crippen MR) is 58.2 cm³/mol. The third-order valence-electron chi connectivity index (χ3n) is 2.89. The van der Waals surface area contributed by atoms with Crippen molar-refractivity contribution in [1.29, 1.82) is 0 Å². The van der Waals surface area contributed by atoms with E-state index in [1.54, 1.807) is 6.20 Å². The Kier molecular flexibility index (Phi) is 2.87. The van der Waals surface area contributed by atoms with Gasteiger partial charge in [0.15, 0.2) is 0 Å². The van der Waals surface area contributed by atoms with Gasteiger partial charge in [0.25, 0.3) is 0 Å². The third-order valence-corrected chi connectivity index (χ3v) is 2.89. The average Bonchev–Trinajstić information content (AvgIpc) is 2.27. The van der Waals surface area contributed by atoms with Gasteiger partial charge < -0.3 is 5.11 Å². The Labute approximate surface area is 94.1 Å². The fourth-order valence-electron chi connectivity index (χ4n) is 1.88. The summed E-state index contributed by atoms with van der Waals surface area (Å²) < 4.78 is 0. The van der Waals surface area contributed by atoms with Gasteiger partial charge in [-0.15, -0.1) is 0 Å². The summed E-state index contributed by atoms with van der Waals surface area (Å²) in [5.41, 5.74) is 1.93. The highest BCUT2D eigenvalue weighted by molar-refractivity contribution is 5.83. The third kappa shape index (κ3) is 2.04. The molecule has 5 heteroatoms. The minimum Gasteiger partial charge on any atom is -0.475 e. The molecule has 1 aromatic heterocycles. The number of nitrogens with zero attached hydrogens (tertiary/aromatic N) is 3. The van der Waals surface area contributed by atoms with E-state index >= 15 is 0 Å². The molecule has 0 radical (unpaired) electrons. The van der Waals surface area contributed by atoms with Gasteiger partial charge in [-0.2, -0.15) is 0 Å². The van der Waals surface area contributed by atoms with Gasteiger partial charge in [0.1, 0.15) is 0 Å². The van der Waals surface area contributed by atoms with Crippen LogP contribution in [0.15, 0.2) is 6.20 Å². The summed E-state index contributed by atoms with van der Waals surface area (Å²) >= 11 is 0. The van der Waals surface area contributed by atoms with Crippen LogP contribution in [0.1, 0.15) is 35.7 Å². The van der Waals surface area contributed by atoms with Crippen molar-refractivity contribution in [3.63, 3.8) is 0 Å². The molecule has 0 bridgehead atoms. The molecule has 2 rings (SSSR count). The second-order valence-corrected chi connectivity index (χ2v) is 4.28. The van der Waals surface area contributed by atoms with Crippen LogP contribution < -0.4 is 0 Å². The van der Waals surface area contributed by atoms with Crippen LogP contribution >= 0.6 is 0 Å². The fraction of sp³-hybridized carbons (Fsp3) is 0.545. The van der Waals surface area contributed by atoms with Gasteiger partial charge in [-0.1, -0.05) is 0 Å². The van der Waals surface area contributed by atoms with Crippen LogP contribution in [0, 0.1) is 0 Å². The van der Waals surface area contributed by atoms with E-state index in [9.17, 15) is 4.79 Å². The predicted octanol–water partition coefficient (Wildman–Crippen LogP) is 0.941. The minimum absolute atomic E-state index is 0.100. The van der Waals surface area contributed by atoms with Gasteiger partial charge >= 0.3 is 5.97 Å². The number of carboxylic acid groups (broad SMARTS) is 1. The lowest BCUT2D eigenvalue weighted by Crippen LogP contribution is -2.36. The summed E-state index contributed by atoms with van der Waals surface area (Å²) in [4.78, 5) is 21.0. The lowest BCUT2D eigenvalue weighted by molar-refractivity contribution is 0.0682. The average molecular weight is 221 g/mol. The van der Waals surface area contributed by atoms with Gasteiger partial charge in [-0.05, 0) is 13.8 Å². The molecule has 0 unspecified atom stereocenters. The Balaban J connectivity index is 2.25. The van der Waals surface area contributed by atoms with Crippen LogP contribution in [0.3, 0.4) is 0 Å². The maximum atomic E-state index is 10.7. The highest BCUT2D eigenvalue weighted by Crippen LogP contribution is 2.18. The fourth-order valence-corrected chi connectivity index (χ4v) is 1.88. The first-order valence-corrected chi connectivity index (χ1v) is 5.40. The van der Waals surface area contributed by atoms with E-state index in [0.717, 1.165) is 30.8 Å². The molecule has 0 aromatic carbocycles. The van der Waals surface area contributed by atoms with Gasteiger partial charge in [-0.3, -0.25) is 4.90 Å².